The second kappa shape index (κ2) is 7.65. The standard InChI is InChI=1S/C13H14F4N2O4/c1-22-9-4-7(14)3-8(12(21)23-2)11(9)18-5-10(20)19-6-13(15,16)17/h3-4,18H,5-6H2,1-2H3,(H,19,20). The Hall–Kier alpha value is -2.52. The summed E-state index contributed by atoms with van der Waals surface area (Å²) in [5.74, 6) is -2.76. The molecular weight excluding hydrogens is 324 g/mol. The summed E-state index contributed by atoms with van der Waals surface area (Å²) < 4.78 is 58.8. The number of hydrogen-bond donors (Lipinski definition) is 2. The predicted octanol–water partition coefficient (Wildman–Crippen LogP) is 1.71. The van der Waals surface area contributed by atoms with Crippen molar-refractivity contribution in [3.8, 4) is 5.75 Å². The van der Waals surface area contributed by atoms with E-state index in [1.807, 2.05) is 0 Å². The molecule has 0 saturated heterocycles. The Bertz CT molecular complexity index is 590. The molecule has 1 aromatic rings. The van der Waals surface area contributed by atoms with Crippen molar-refractivity contribution >= 4 is 17.6 Å². The van der Waals surface area contributed by atoms with Gasteiger partial charge in [-0.05, 0) is 6.07 Å². The van der Waals surface area contributed by atoms with Crippen molar-refractivity contribution in [3.63, 3.8) is 0 Å². The molecule has 1 rings (SSSR count). The summed E-state index contributed by atoms with van der Waals surface area (Å²) in [7, 11) is 2.27. The van der Waals surface area contributed by atoms with Gasteiger partial charge in [0.1, 0.15) is 18.1 Å². The highest BCUT2D eigenvalue weighted by molar-refractivity contribution is 5.98. The van der Waals surface area contributed by atoms with E-state index < -0.39 is 37.0 Å². The topological polar surface area (TPSA) is 76.7 Å². The highest BCUT2D eigenvalue weighted by Gasteiger charge is 2.27. The normalized spacial score (nSPS) is 10.9. The first-order valence-corrected chi connectivity index (χ1v) is 6.21. The van der Waals surface area contributed by atoms with Crippen LogP contribution in [0.3, 0.4) is 0 Å². The predicted molar refractivity (Wildman–Crippen MR) is 71.8 cm³/mol. The molecule has 0 aliphatic rings. The Balaban J connectivity index is 2.90. The summed E-state index contributed by atoms with van der Waals surface area (Å²) in [6.45, 7) is -2.07. The zero-order valence-electron chi connectivity index (χ0n) is 12.2. The number of methoxy groups -OCH3 is 2. The maximum Gasteiger partial charge on any atom is 0.405 e. The minimum atomic E-state index is -4.54. The summed E-state index contributed by atoms with van der Waals surface area (Å²) in [6.07, 6.45) is -4.54. The minimum absolute atomic E-state index is 0.0668. The first-order valence-electron chi connectivity index (χ1n) is 6.21. The fraction of sp³-hybridized carbons (Fsp3) is 0.385. The number of anilines is 1. The lowest BCUT2D eigenvalue weighted by atomic mass is 10.1. The number of carbonyl (C=O) groups excluding carboxylic acids is 2. The number of hydrogen-bond acceptors (Lipinski definition) is 5. The Morgan fingerprint density at radius 2 is 1.87 bits per heavy atom. The van der Waals surface area contributed by atoms with Crippen LogP contribution >= 0.6 is 0 Å². The zero-order valence-corrected chi connectivity index (χ0v) is 12.2. The van der Waals surface area contributed by atoms with Gasteiger partial charge >= 0.3 is 12.1 Å². The molecule has 6 nitrogen and oxygen atoms in total. The van der Waals surface area contributed by atoms with Gasteiger partial charge in [-0.2, -0.15) is 13.2 Å². The van der Waals surface area contributed by atoms with Crippen molar-refractivity contribution < 1.29 is 36.6 Å². The third-order valence-corrected chi connectivity index (χ3v) is 2.60. The molecular formula is C13H14F4N2O4. The Kier molecular flexibility index (Phi) is 6.17. The third kappa shape index (κ3) is 5.64. The van der Waals surface area contributed by atoms with E-state index in [1.165, 1.54) is 7.11 Å². The molecule has 0 aliphatic heterocycles. The number of rotatable bonds is 6. The summed E-state index contributed by atoms with van der Waals surface area (Å²) in [5, 5.41) is 4.09. The molecule has 0 spiro atoms. The smallest absolute Gasteiger partial charge is 0.405 e. The van der Waals surface area contributed by atoms with Gasteiger partial charge in [0.05, 0.1) is 32.0 Å². The minimum Gasteiger partial charge on any atom is -0.494 e. The summed E-state index contributed by atoms with van der Waals surface area (Å²) in [6, 6.07) is 1.80. The number of carbonyl (C=O) groups is 2. The van der Waals surface area contributed by atoms with Crippen LogP contribution in [-0.2, 0) is 9.53 Å². The first-order chi connectivity index (χ1) is 10.7. The fourth-order valence-electron chi connectivity index (χ4n) is 1.63. The van der Waals surface area contributed by atoms with Crippen molar-refractivity contribution in [2.75, 3.05) is 32.6 Å². The number of halogens is 4. The van der Waals surface area contributed by atoms with E-state index in [0.717, 1.165) is 19.2 Å². The van der Waals surface area contributed by atoms with Gasteiger partial charge in [-0.3, -0.25) is 4.79 Å². The van der Waals surface area contributed by atoms with Gasteiger partial charge in [0.15, 0.2) is 0 Å². The van der Waals surface area contributed by atoms with E-state index in [-0.39, 0.29) is 17.0 Å². The van der Waals surface area contributed by atoms with E-state index in [4.69, 9.17) is 4.74 Å². The molecule has 1 amide bonds. The van der Waals surface area contributed by atoms with E-state index in [2.05, 4.69) is 10.1 Å². The molecule has 10 heteroatoms. The maximum absolute atomic E-state index is 13.4. The Labute approximate surface area is 128 Å². The first kappa shape index (κ1) is 18.5. The molecule has 1 aromatic carbocycles. The molecule has 0 radical (unpaired) electrons. The largest absolute Gasteiger partial charge is 0.494 e. The maximum atomic E-state index is 13.4. The Morgan fingerprint density at radius 1 is 1.22 bits per heavy atom. The van der Waals surface area contributed by atoms with Gasteiger partial charge in [0, 0.05) is 6.07 Å². The molecule has 0 aliphatic carbocycles. The molecule has 2 N–H and O–H groups in total. The third-order valence-electron chi connectivity index (χ3n) is 2.60. The zero-order chi connectivity index (χ0) is 17.6. The number of nitrogens with one attached hydrogen (secondary N) is 2. The van der Waals surface area contributed by atoms with Crippen LogP contribution in [0.5, 0.6) is 5.75 Å². The highest BCUT2D eigenvalue weighted by Crippen LogP contribution is 2.30. The summed E-state index contributed by atoms with van der Waals surface area (Å²) in [4.78, 5) is 23.0. The van der Waals surface area contributed by atoms with Gasteiger partial charge in [0.2, 0.25) is 5.91 Å². The van der Waals surface area contributed by atoms with Gasteiger partial charge in [0.25, 0.3) is 0 Å². The van der Waals surface area contributed by atoms with Crippen LogP contribution in [0.25, 0.3) is 0 Å². The molecule has 128 valence electrons. The summed E-state index contributed by atoms with van der Waals surface area (Å²) >= 11 is 0. The number of amides is 1. The van der Waals surface area contributed by atoms with E-state index >= 15 is 0 Å². The van der Waals surface area contributed by atoms with E-state index in [0.29, 0.717) is 0 Å². The Morgan fingerprint density at radius 3 is 2.39 bits per heavy atom. The lowest BCUT2D eigenvalue weighted by Gasteiger charge is -2.15. The van der Waals surface area contributed by atoms with Crippen LogP contribution in [0.15, 0.2) is 12.1 Å². The second-order valence-electron chi connectivity index (χ2n) is 4.27. The van der Waals surface area contributed by atoms with Gasteiger partial charge in [-0.25, -0.2) is 9.18 Å². The molecule has 0 fully saturated rings. The van der Waals surface area contributed by atoms with E-state index in [9.17, 15) is 27.2 Å². The number of alkyl halides is 3. The SMILES string of the molecule is COC(=O)c1cc(F)cc(OC)c1NCC(=O)NCC(F)(F)F. The second-order valence-corrected chi connectivity index (χ2v) is 4.27. The molecule has 0 saturated carbocycles. The molecule has 23 heavy (non-hydrogen) atoms. The quantitative estimate of drug-likeness (QED) is 0.610. The lowest BCUT2D eigenvalue weighted by Crippen LogP contribution is -2.37. The van der Waals surface area contributed by atoms with Crippen molar-refractivity contribution in [2.45, 2.75) is 6.18 Å². The molecule has 0 aromatic heterocycles. The van der Waals surface area contributed by atoms with Crippen molar-refractivity contribution in [1.29, 1.82) is 0 Å². The fourth-order valence-corrected chi connectivity index (χ4v) is 1.63. The van der Waals surface area contributed by atoms with Crippen molar-refractivity contribution in [2.24, 2.45) is 0 Å². The highest BCUT2D eigenvalue weighted by atomic mass is 19.4. The van der Waals surface area contributed by atoms with Gasteiger partial charge < -0.3 is 20.1 Å². The van der Waals surface area contributed by atoms with Crippen molar-refractivity contribution in [1.82, 2.24) is 5.32 Å². The monoisotopic (exact) mass is 338 g/mol. The lowest BCUT2D eigenvalue weighted by molar-refractivity contribution is -0.137. The van der Waals surface area contributed by atoms with Crippen LogP contribution in [0.2, 0.25) is 0 Å². The van der Waals surface area contributed by atoms with Crippen LogP contribution < -0.4 is 15.4 Å². The van der Waals surface area contributed by atoms with Crippen LogP contribution in [0.1, 0.15) is 10.4 Å². The molecule has 0 bridgehead atoms. The average Bonchev–Trinajstić information content (AvgIpc) is 2.49. The van der Waals surface area contributed by atoms with Gasteiger partial charge in [-0.1, -0.05) is 0 Å². The van der Waals surface area contributed by atoms with Crippen molar-refractivity contribution in [3.05, 3.63) is 23.5 Å². The molecule has 0 unspecified atom stereocenters. The number of esters is 1. The van der Waals surface area contributed by atoms with Crippen LogP contribution in [0.4, 0.5) is 23.2 Å². The average molecular weight is 338 g/mol. The molecule has 0 atom stereocenters. The van der Waals surface area contributed by atoms with Crippen LogP contribution in [-0.4, -0.2) is 45.4 Å². The van der Waals surface area contributed by atoms with Gasteiger partial charge in [-0.15, -0.1) is 0 Å². The molecule has 0 heterocycles. The summed E-state index contributed by atoms with van der Waals surface area (Å²) in [5.41, 5.74) is -0.323. The number of benzene rings is 1. The number of ether oxygens (including phenoxy) is 2. The van der Waals surface area contributed by atoms with Crippen LogP contribution in [0, 0.1) is 5.82 Å². The van der Waals surface area contributed by atoms with E-state index in [1.54, 1.807) is 5.32 Å².